The van der Waals surface area contributed by atoms with Crippen molar-refractivity contribution in [3.8, 4) is 5.75 Å². The van der Waals surface area contributed by atoms with Gasteiger partial charge in [-0.15, -0.1) is 0 Å². The van der Waals surface area contributed by atoms with Gasteiger partial charge in [0.15, 0.2) is 0 Å². The normalized spacial score (nSPS) is 20.3. The van der Waals surface area contributed by atoms with Gasteiger partial charge < -0.3 is 23.8 Å². The van der Waals surface area contributed by atoms with Crippen LogP contribution in [-0.4, -0.2) is 81.1 Å². The Morgan fingerprint density at radius 3 is 2.54 bits per heavy atom. The summed E-state index contributed by atoms with van der Waals surface area (Å²) in [7, 11) is 1.67. The third-order valence-electron chi connectivity index (χ3n) is 7.82. The lowest BCUT2D eigenvalue weighted by atomic mass is 9.85. The molecule has 0 saturated carbocycles. The maximum absolute atomic E-state index is 14.0. The van der Waals surface area contributed by atoms with Crippen LogP contribution in [0, 0.1) is 5.41 Å². The molecular formula is C33H41N3O4S. The van der Waals surface area contributed by atoms with E-state index in [-0.39, 0.29) is 17.4 Å². The van der Waals surface area contributed by atoms with Gasteiger partial charge in [-0.3, -0.25) is 9.69 Å². The van der Waals surface area contributed by atoms with Crippen molar-refractivity contribution in [3.05, 3.63) is 83.3 Å². The molecule has 0 bridgehead atoms. The molecule has 7 nitrogen and oxygen atoms in total. The van der Waals surface area contributed by atoms with E-state index in [1.165, 1.54) is 11.9 Å². The number of morpholine rings is 1. The van der Waals surface area contributed by atoms with Crippen molar-refractivity contribution >= 4 is 34.2 Å². The van der Waals surface area contributed by atoms with Gasteiger partial charge in [0, 0.05) is 43.4 Å². The van der Waals surface area contributed by atoms with Crippen LogP contribution in [0.2, 0.25) is 0 Å². The molecule has 3 aliphatic rings. The number of carbonyl (C=O) groups is 1. The summed E-state index contributed by atoms with van der Waals surface area (Å²) in [6.45, 7) is 12.0. The molecule has 1 aliphatic carbocycles. The van der Waals surface area contributed by atoms with E-state index in [0.29, 0.717) is 13.2 Å². The highest BCUT2D eigenvalue weighted by Crippen LogP contribution is 2.37. The molecule has 2 aliphatic heterocycles. The topological polar surface area (TPSA) is 63.3 Å². The average Bonchev–Trinajstić information content (AvgIpc) is 3.24. The standard InChI is InChI=1S/C33H41N3O4S/c1-33(2,3)23-20-24(22-31(38-4)29(21-23)34-41-5)36-13-12-28(32(36)37)26-10-11-30(27-9-7-6-8-25(26)27)40-19-16-35-14-17-39-18-15-35/h6-12,20-22,24,34H,13-19H2,1-5H3. The lowest BCUT2D eigenvalue weighted by molar-refractivity contribution is -0.124. The number of hydrogen-bond acceptors (Lipinski definition) is 7. The number of carbonyl (C=O) groups excluding carboxylic acids is 1. The molecule has 1 saturated heterocycles. The third-order valence-corrected chi connectivity index (χ3v) is 8.25. The van der Waals surface area contributed by atoms with Crippen LogP contribution >= 0.6 is 11.9 Å². The quantitative estimate of drug-likeness (QED) is 0.401. The SMILES string of the molecule is COC1=CC(N2CC=C(c3ccc(OCCN4CCOCC4)c4ccccc34)C2=O)C=C(C(C)(C)C)C=C1NSC. The predicted octanol–water partition coefficient (Wildman–Crippen LogP) is 5.41. The maximum atomic E-state index is 14.0. The number of nitrogens with zero attached hydrogens (tertiary/aromatic N) is 2. The average molecular weight is 576 g/mol. The lowest BCUT2D eigenvalue weighted by Crippen LogP contribution is -2.38. The van der Waals surface area contributed by atoms with E-state index in [2.05, 4.69) is 54.7 Å². The second kappa shape index (κ2) is 12.8. The van der Waals surface area contributed by atoms with Crippen LogP contribution in [0.5, 0.6) is 5.75 Å². The molecule has 0 spiro atoms. The van der Waals surface area contributed by atoms with E-state index in [1.807, 2.05) is 47.6 Å². The first-order valence-corrected chi connectivity index (χ1v) is 15.5. The van der Waals surface area contributed by atoms with Crippen molar-refractivity contribution in [2.24, 2.45) is 5.41 Å². The van der Waals surface area contributed by atoms with Gasteiger partial charge in [-0.25, -0.2) is 0 Å². The van der Waals surface area contributed by atoms with E-state index >= 15 is 0 Å². The van der Waals surface area contributed by atoms with E-state index in [9.17, 15) is 4.79 Å². The summed E-state index contributed by atoms with van der Waals surface area (Å²) in [6.07, 6.45) is 10.4. The number of ether oxygens (including phenoxy) is 3. The molecule has 218 valence electrons. The first-order valence-electron chi connectivity index (χ1n) is 14.3. The van der Waals surface area contributed by atoms with Crippen LogP contribution < -0.4 is 9.46 Å². The molecule has 41 heavy (non-hydrogen) atoms. The highest BCUT2D eigenvalue weighted by Gasteiger charge is 2.33. The van der Waals surface area contributed by atoms with Crippen molar-refractivity contribution in [2.75, 3.05) is 59.4 Å². The van der Waals surface area contributed by atoms with E-state index in [1.54, 1.807) is 7.11 Å². The van der Waals surface area contributed by atoms with Crippen molar-refractivity contribution in [3.63, 3.8) is 0 Å². The van der Waals surface area contributed by atoms with Crippen LogP contribution in [0.15, 0.2) is 77.7 Å². The van der Waals surface area contributed by atoms with E-state index < -0.39 is 0 Å². The van der Waals surface area contributed by atoms with Crippen LogP contribution in [-0.2, 0) is 14.3 Å². The van der Waals surface area contributed by atoms with Gasteiger partial charge in [-0.05, 0) is 46.2 Å². The van der Waals surface area contributed by atoms with Gasteiger partial charge in [0.2, 0.25) is 0 Å². The first kappa shape index (κ1) is 29.3. The van der Waals surface area contributed by atoms with E-state index in [4.69, 9.17) is 14.2 Å². The number of rotatable bonds is 9. The molecule has 5 rings (SSSR count). The van der Waals surface area contributed by atoms with Crippen LogP contribution in [0.1, 0.15) is 26.3 Å². The second-order valence-corrected chi connectivity index (χ2v) is 12.1. The summed E-state index contributed by atoms with van der Waals surface area (Å²) in [6, 6.07) is 12.0. The fraction of sp³-hybridized carbons (Fsp3) is 0.424. The molecule has 2 aromatic rings. The Hall–Kier alpha value is -3.20. The molecule has 2 aromatic carbocycles. The van der Waals surface area contributed by atoms with Gasteiger partial charge in [0.1, 0.15) is 18.1 Å². The van der Waals surface area contributed by atoms with Gasteiger partial charge in [0.05, 0.1) is 32.1 Å². The summed E-state index contributed by atoms with van der Waals surface area (Å²) in [5.74, 6) is 1.58. The predicted molar refractivity (Wildman–Crippen MR) is 168 cm³/mol. The largest absolute Gasteiger partial charge is 0.495 e. The van der Waals surface area contributed by atoms with Crippen molar-refractivity contribution in [1.29, 1.82) is 0 Å². The zero-order chi connectivity index (χ0) is 29.0. The number of hydrogen-bond donors (Lipinski definition) is 1. The minimum Gasteiger partial charge on any atom is -0.495 e. The molecule has 0 aromatic heterocycles. The van der Waals surface area contributed by atoms with Gasteiger partial charge in [-0.1, -0.05) is 69.1 Å². The zero-order valence-electron chi connectivity index (χ0n) is 24.7. The number of benzene rings is 2. The number of nitrogens with one attached hydrogen (secondary N) is 1. The maximum Gasteiger partial charge on any atom is 0.255 e. The lowest BCUT2D eigenvalue weighted by Gasteiger charge is -2.27. The Morgan fingerprint density at radius 2 is 1.83 bits per heavy atom. The Kier molecular flexibility index (Phi) is 9.12. The van der Waals surface area contributed by atoms with Gasteiger partial charge >= 0.3 is 0 Å². The Balaban J connectivity index is 1.40. The fourth-order valence-electron chi connectivity index (χ4n) is 5.50. The summed E-state index contributed by atoms with van der Waals surface area (Å²) in [5.41, 5.74) is 3.60. The number of methoxy groups -OCH3 is 1. The Bertz CT molecular complexity index is 1400. The molecule has 1 amide bonds. The number of fused-ring (bicyclic) bond motifs is 1. The highest BCUT2D eigenvalue weighted by atomic mass is 32.2. The molecule has 1 fully saturated rings. The monoisotopic (exact) mass is 575 g/mol. The second-order valence-electron chi connectivity index (χ2n) is 11.5. The Labute approximate surface area is 248 Å². The van der Waals surface area contributed by atoms with Crippen LogP contribution in [0.25, 0.3) is 16.3 Å². The van der Waals surface area contributed by atoms with Gasteiger partial charge in [0.25, 0.3) is 5.91 Å². The highest BCUT2D eigenvalue weighted by molar-refractivity contribution is 7.96. The smallest absolute Gasteiger partial charge is 0.255 e. The summed E-state index contributed by atoms with van der Waals surface area (Å²) < 4.78 is 20.8. The van der Waals surface area contributed by atoms with Crippen molar-refractivity contribution in [1.82, 2.24) is 14.5 Å². The molecular weight excluding hydrogens is 534 g/mol. The molecule has 1 atom stereocenters. The minimum absolute atomic E-state index is 0.0126. The molecule has 1 N–H and O–H groups in total. The molecule has 2 heterocycles. The molecule has 8 heteroatoms. The minimum atomic E-state index is -0.244. The number of amides is 1. The summed E-state index contributed by atoms with van der Waals surface area (Å²) in [4.78, 5) is 18.3. The van der Waals surface area contributed by atoms with Crippen LogP contribution in [0.3, 0.4) is 0 Å². The van der Waals surface area contributed by atoms with Crippen LogP contribution in [0.4, 0.5) is 0 Å². The summed E-state index contributed by atoms with van der Waals surface area (Å²) >= 11 is 1.52. The van der Waals surface area contributed by atoms with E-state index in [0.717, 1.165) is 77.5 Å². The Morgan fingerprint density at radius 1 is 1.07 bits per heavy atom. The fourth-order valence-corrected chi connectivity index (χ4v) is 5.88. The van der Waals surface area contributed by atoms with Crippen molar-refractivity contribution in [2.45, 2.75) is 26.8 Å². The van der Waals surface area contributed by atoms with Gasteiger partial charge in [-0.2, -0.15) is 0 Å². The molecule has 0 radical (unpaired) electrons. The zero-order valence-corrected chi connectivity index (χ0v) is 25.6. The van der Waals surface area contributed by atoms with Crippen molar-refractivity contribution < 1.29 is 19.0 Å². The first-order chi connectivity index (χ1) is 19.8. The molecule has 1 unspecified atom stereocenters. The third kappa shape index (κ3) is 6.50. The summed E-state index contributed by atoms with van der Waals surface area (Å²) in [5, 5.41) is 2.04. The number of allylic oxidation sites excluding steroid dienone is 2.